The second-order valence-corrected chi connectivity index (χ2v) is 6.15. The van der Waals surface area contributed by atoms with Gasteiger partial charge in [-0.2, -0.15) is 0 Å². The van der Waals surface area contributed by atoms with Crippen molar-refractivity contribution in [3.63, 3.8) is 0 Å². The normalized spacial score (nSPS) is 10.4. The number of benzene rings is 3. The van der Waals surface area contributed by atoms with Crippen LogP contribution in [-0.2, 0) is 9.53 Å². The van der Waals surface area contributed by atoms with Crippen molar-refractivity contribution in [2.75, 3.05) is 19.8 Å². The summed E-state index contributed by atoms with van der Waals surface area (Å²) in [6, 6.07) is 20.7. The highest BCUT2D eigenvalue weighted by Gasteiger charge is 2.10. The fourth-order valence-electron chi connectivity index (χ4n) is 2.65. The van der Waals surface area contributed by atoms with Gasteiger partial charge < -0.3 is 14.8 Å². The number of hydrogen-bond acceptors (Lipinski definition) is 4. The van der Waals surface area contributed by atoms with E-state index in [-0.39, 0.29) is 12.5 Å². The van der Waals surface area contributed by atoms with Crippen molar-refractivity contribution in [3.8, 4) is 5.75 Å². The molecule has 27 heavy (non-hydrogen) atoms. The van der Waals surface area contributed by atoms with Gasteiger partial charge in [0.1, 0.15) is 12.4 Å². The number of amides is 1. The van der Waals surface area contributed by atoms with Crippen molar-refractivity contribution >= 4 is 22.6 Å². The van der Waals surface area contributed by atoms with Gasteiger partial charge in [0.15, 0.2) is 6.61 Å². The molecule has 5 nitrogen and oxygen atoms in total. The summed E-state index contributed by atoms with van der Waals surface area (Å²) < 4.78 is 10.6. The highest BCUT2D eigenvalue weighted by Crippen LogP contribution is 2.16. The zero-order chi connectivity index (χ0) is 19.1. The molecule has 0 spiro atoms. The van der Waals surface area contributed by atoms with Gasteiger partial charge in [-0.25, -0.2) is 4.79 Å². The number of esters is 1. The molecule has 0 aromatic heterocycles. The average Bonchev–Trinajstić information content (AvgIpc) is 2.69. The summed E-state index contributed by atoms with van der Waals surface area (Å²) in [6.07, 6.45) is 0. The van der Waals surface area contributed by atoms with E-state index in [1.165, 1.54) is 0 Å². The maximum absolute atomic E-state index is 12.1. The lowest BCUT2D eigenvalue weighted by Gasteiger charge is -2.09. The van der Waals surface area contributed by atoms with E-state index in [9.17, 15) is 9.59 Å². The molecule has 1 N–H and O–H groups in total. The molecular weight excluding hydrogens is 342 g/mol. The molecule has 0 heterocycles. The molecule has 0 unspecified atom stereocenters. The van der Waals surface area contributed by atoms with E-state index in [1.807, 2.05) is 61.5 Å². The maximum Gasteiger partial charge on any atom is 0.338 e. The molecule has 3 aromatic rings. The van der Waals surface area contributed by atoms with Gasteiger partial charge in [-0.05, 0) is 47.5 Å². The Balaban J connectivity index is 1.41. The fourth-order valence-corrected chi connectivity index (χ4v) is 2.65. The standard InChI is InChI=1S/C22H21NO4/c1-16-5-4-8-20(13-16)26-12-11-23-21(24)15-27-22(25)19-10-9-17-6-2-3-7-18(17)14-19/h2-10,13-14H,11-12,15H2,1H3,(H,23,24). The van der Waals surface area contributed by atoms with Gasteiger partial charge in [-0.3, -0.25) is 4.79 Å². The summed E-state index contributed by atoms with van der Waals surface area (Å²) in [5.41, 5.74) is 1.53. The quantitative estimate of drug-likeness (QED) is 0.515. The highest BCUT2D eigenvalue weighted by molar-refractivity contribution is 5.96. The van der Waals surface area contributed by atoms with Crippen LogP contribution >= 0.6 is 0 Å². The molecule has 0 aliphatic heterocycles. The number of fused-ring (bicyclic) bond motifs is 1. The summed E-state index contributed by atoms with van der Waals surface area (Å²) in [6.45, 7) is 2.34. The predicted octanol–water partition coefficient (Wildman–Crippen LogP) is 3.50. The van der Waals surface area contributed by atoms with Gasteiger partial charge in [-0.1, -0.05) is 42.5 Å². The third-order valence-electron chi connectivity index (χ3n) is 4.00. The third-order valence-corrected chi connectivity index (χ3v) is 4.00. The number of carbonyl (C=O) groups is 2. The van der Waals surface area contributed by atoms with E-state index >= 15 is 0 Å². The monoisotopic (exact) mass is 363 g/mol. The molecule has 3 rings (SSSR count). The lowest BCUT2D eigenvalue weighted by molar-refractivity contribution is -0.124. The summed E-state index contributed by atoms with van der Waals surface area (Å²) in [4.78, 5) is 23.9. The van der Waals surface area contributed by atoms with Crippen molar-refractivity contribution < 1.29 is 19.1 Å². The summed E-state index contributed by atoms with van der Waals surface area (Å²) in [5.74, 6) is -0.129. The number of ether oxygens (including phenoxy) is 2. The maximum atomic E-state index is 12.1. The van der Waals surface area contributed by atoms with Gasteiger partial charge in [0, 0.05) is 0 Å². The topological polar surface area (TPSA) is 64.6 Å². The molecule has 0 aliphatic carbocycles. The van der Waals surface area contributed by atoms with Crippen molar-refractivity contribution in [1.82, 2.24) is 5.32 Å². The van der Waals surface area contributed by atoms with Gasteiger partial charge in [0.25, 0.3) is 5.91 Å². The Hall–Kier alpha value is -3.34. The first-order chi connectivity index (χ1) is 13.1. The Morgan fingerprint density at radius 3 is 2.56 bits per heavy atom. The van der Waals surface area contributed by atoms with E-state index < -0.39 is 5.97 Å². The minimum atomic E-state index is -0.521. The SMILES string of the molecule is Cc1cccc(OCCNC(=O)COC(=O)c2ccc3ccccc3c2)c1. The van der Waals surface area contributed by atoms with Crippen LogP contribution in [0.2, 0.25) is 0 Å². The summed E-state index contributed by atoms with van der Waals surface area (Å²) in [7, 11) is 0. The van der Waals surface area contributed by atoms with Crippen LogP contribution < -0.4 is 10.1 Å². The van der Waals surface area contributed by atoms with E-state index in [0.29, 0.717) is 18.7 Å². The molecule has 1 amide bonds. The molecular formula is C22H21NO4. The molecule has 0 radical (unpaired) electrons. The Morgan fingerprint density at radius 1 is 0.926 bits per heavy atom. The molecule has 0 atom stereocenters. The summed E-state index contributed by atoms with van der Waals surface area (Å²) in [5, 5.41) is 4.65. The van der Waals surface area contributed by atoms with Crippen LogP contribution in [0.25, 0.3) is 10.8 Å². The van der Waals surface area contributed by atoms with E-state index in [1.54, 1.807) is 12.1 Å². The number of rotatable bonds is 7. The van der Waals surface area contributed by atoms with Crippen molar-refractivity contribution in [2.24, 2.45) is 0 Å². The van der Waals surface area contributed by atoms with Gasteiger partial charge in [0.2, 0.25) is 0 Å². The van der Waals surface area contributed by atoms with E-state index in [4.69, 9.17) is 9.47 Å². The second kappa shape index (κ2) is 8.85. The van der Waals surface area contributed by atoms with E-state index in [0.717, 1.165) is 22.1 Å². The van der Waals surface area contributed by atoms with Crippen molar-refractivity contribution in [2.45, 2.75) is 6.92 Å². The second-order valence-electron chi connectivity index (χ2n) is 6.15. The molecule has 0 bridgehead atoms. The Labute approximate surface area is 157 Å². The van der Waals surface area contributed by atoms with Crippen LogP contribution in [0, 0.1) is 6.92 Å². The average molecular weight is 363 g/mol. The molecule has 5 heteroatoms. The Morgan fingerprint density at radius 2 is 1.74 bits per heavy atom. The lowest BCUT2D eigenvalue weighted by atomic mass is 10.1. The van der Waals surface area contributed by atoms with Gasteiger partial charge in [0.05, 0.1) is 12.1 Å². The zero-order valence-corrected chi connectivity index (χ0v) is 15.1. The van der Waals surface area contributed by atoms with Crippen LogP contribution in [0.15, 0.2) is 66.7 Å². The van der Waals surface area contributed by atoms with Gasteiger partial charge >= 0.3 is 5.97 Å². The zero-order valence-electron chi connectivity index (χ0n) is 15.1. The molecule has 138 valence electrons. The molecule has 3 aromatic carbocycles. The highest BCUT2D eigenvalue weighted by atomic mass is 16.5. The number of hydrogen-bond donors (Lipinski definition) is 1. The minimum Gasteiger partial charge on any atom is -0.492 e. The fraction of sp³-hybridized carbons (Fsp3) is 0.182. The first-order valence-electron chi connectivity index (χ1n) is 8.74. The first-order valence-corrected chi connectivity index (χ1v) is 8.74. The third kappa shape index (κ3) is 5.31. The smallest absolute Gasteiger partial charge is 0.338 e. The molecule has 0 aliphatic rings. The number of nitrogens with one attached hydrogen (secondary N) is 1. The predicted molar refractivity (Wildman–Crippen MR) is 104 cm³/mol. The van der Waals surface area contributed by atoms with Crippen molar-refractivity contribution in [3.05, 3.63) is 77.9 Å². The Bertz CT molecular complexity index is 952. The van der Waals surface area contributed by atoms with Gasteiger partial charge in [-0.15, -0.1) is 0 Å². The largest absolute Gasteiger partial charge is 0.492 e. The van der Waals surface area contributed by atoms with Crippen molar-refractivity contribution in [1.29, 1.82) is 0 Å². The van der Waals surface area contributed by atoms with Crippen LogP contribution in [0.4, 0.5) is 0 Å². The van der Waals surface area contributed by atoms with Crippen LogP contribution in [0.5, 0.6) is 5.75 Å². The molecule has 0 saturated carbocycles. The molecule has 0 fully saturated rings. The van der Waals surface area contributed by atoms with Crippen LogP contribution in [0.3, 0.4) is 0 Å². The summed E-state index contributed by atoms with van der Waals surface area (Å²) >= 11 is 0. The minimum absolute atomic E-state index is 0.323. The first kappa shape index (κ1) is 18.5. The van der Waals surface area contributed by atoms with Crippen LogP contribution in [0.1, 0.15) is 15.9 Å². The lowest BCUT2D eigenvalue weighted by Crippen LogP contribution is -2.32. The Kier molecular flexibility index (Phi) is 6.05. The van der Waals surface area contributed by atoms with E-state index in [2.05, 4.69) is 5.32 Å². The molecule has 0 saturated heterocycles. The number of aryl methyl sites for hydroxylation is 1. The number of carbonyl (C=O) groups excluding carboxylic acids is 2. The van der Waals surface area contributed by atoms with Crippen LogP contribution in [-0.4, -0.2) is 31.6 Å².